The molecule has 0 aliphatic rings. The molecule has 0 aliphatic heterocycles. The lowest BCUT2D eigenvalue weighted by atomic mass is 10.1. The van der Waals surface area contributed by atoms with Gasteiger partial charge in [-0.25, -0.2) is 9.59 Å². The SMILES string of the molecule is COC(=O)Nc1cccc(NC(=O)N[C@H](C)c2cc(C)sc2C)c1. The highest BCUT2D eigenvalue weighted by Crippen LogP contribution is 2.26. The number of nitrogens with one attached hydrogen (secondary N) is 3. The first kappa shape index (κ1) is 17.8. The van der Waals surface area contributed by atoms with Crippen molar-refractivity contribution in [2.75, 3.05) is 17.7 Å². The lowest BCUT2D eigenvalue weighted by molar-refractivity contribution is 0.187. The van der Waals surface area contributed by atoms with E-state index < -0.39 is 6.09 Å². The number of hydrogen-bond donors (Lipinski definition) is 3. The van der Waals surface area contributed by atoms with Crippen LogP contribution in [0.2, 0.25) is 0 Å². The van der Waals surface area contributed by atoms with E-state index >= 15 is 0 Å². The van der Waals surface area contributed by atoms with Crippen molar-refractivity contribution < 1.29 is 14.3 Å². The number of benzene rings is 1. The van der Waals surface area contributed by atoms with E-state index in [0.29, 0.717) is 11.4 Å². The summed E-state index contributed by atoms with van der Waals surface area (Å²) in [6.45, 7) is 6.04. The Morgan fingerprint density at radius 2 is 1.79 bits per heavy atom. The zero-order valence-corrected chi connectivity index (χ0v) is 14.9. The van der Waals surface area contributed by atoms with Gasteiger partial charge in [-0.05, 0) is 50.6 Å². The number of anilines is 2. The molecule has 0 unspecified atom stereocenters. The summed E-state index contributed by atoms with van der Waals surface area (Å²) >= 11 is 1.71. The van der Waals surface area contributed by atoms with Gasteiger partial charge in [-0.1, -0.05) is 6.07 Å². The van der Waals surface area contributed by atoms with Crippen LogP contribution in [0.5, 0.6) is 0 Å². The largest absolute Gasteiger partial charge is 0.453 e. The van der Waals surface area contributed by atoms with E-state index in [1.54, 1.807) is 35.6 Å². The smallest absolute Gasteiger partial charge is 0.411 e. The third-order valence-electron chi connectivity index (χ3n) is 3.45. The molecule has 7 heteroatoms. The van der Waals surface area contributed by atoms with Crippen LogP contribution in [0.15, 0.2) is 30.3 Å². The molecule has 3 amide bonds. The average molecular weight is 347 g/mol. The van der Waals surface area contributed by atoms with Crippen LogP contribution in [-0.2, 0) is 4.74 Å². The Labute approximate surface area is 145 Å². The van der Waals surface area contributed by atoms with Crippen LogP contribution in [0, 0.1) is 13.8 Å². The molecule has 128 valence electrons. The van der Waals surface area contributed by atoms with Crippen LogP contribution in [-0.4, -0.2) is 19.2 Å². The van der Waals surface area contributed by atoms with Gasteiger partial charge in [-0.2, -0.15) is 0 Å². The summed E-state index contributed by atoms with van der Waals surface area (Å²) in [6.07, 6.45) is -0.562. The number of ether oxygens (including phenoxy) is 1. The van der Waals surface area contributed by atoms with Gasteiger partial charge >= 0.3 is 12.1 Å². The molecule has 2 rings (SSSR count). The number of methoxy groups -OCH3 is 1. The average Bonchev–Trinajstić information content (AvgIpc) is 2.86. The Balaban J connectivity index is 1.98. The Morgan fingerprint density at radius 1 is 1.12 bits per heavy atom. The molecule has 2 aromatic rings. The molecular weight excluding hydrogens is 326 g/mol. The molecule has 0 radical (unpaired) electrons. The van der Waals surface area contributed by atoms with E-state index in [0.717, 1.165) is 5.56 Å². The van der Waals surface area contributed by atoms with Gasteiger partial charge in [0.2, 0.25) is 0 Å². The third-order valence-corrected chi connectivity index (χ3v) is 4.43. The van der Waals surface area contributed by atoms with Crippen LogP contribution in [0.25, 0.3) is 0 Å². The predicted octanol–water partition coefficient (Wildman–Crippen LogP) is 4.43. The fourth-order valence-electron chi connectivity index (χ4n) is 2.37. The molecule has 1 atom stereocenters. The van der Waals surface area contributed by atoms with E-state index in [2.05, 4.69) is 26.8 Å². The van der Waals surface area contributed by atoms with Crippen LogP contribution in [0.4, 0.5) is 21.0 Å². The number of amides is 3. The first-order valence-electron chi connectivity index (χ1n) is 7.48. The number of hydrogen-bond acceptors (Lipinski definition) is 4. The van der Waals surface area contributed by atoms with Gasteiger partial charge in [0.05, 0.1) is 13.2 Å². The number of rotatable bonds is 4. The fraction of sp³-hybridized carbons (Fsp3) is 0.294. The Hall–Kier alpha value is -2.54. The van der Waals surface area contributed by atoms with Crippen molar-refractivity contribution in [1.82, 2.24) is 5.32 Å². The molecule has 0 aliphatic carbocycles. The summed E-state index contributed by atoms with van der Waals surface area (Å²) in [5.41, 5.74) is 2.23. The molecule has 0 bridgehead atoms. The standard InChI is InChI=1S/C17H21N3O3S/c1-10-8-15(12(3)24-10)11(2)18-16(21)19-13-6-5-7-14(9-13)20-17(22)23-4/h5-9,11H,1-4H3,(H,20,22)(H2,18,19,21)/t11-/m1/s1. The topological polar surface area (TPSA) is 79.5 Å². The molecule has 0 spiro atoms. The maximum atomic E-state index is 12.2. The van der Waals surface area contributed by atoms with Gasteiger partial charge in [0.15, 0.2) is 0 Å². The first-order valence-corrected chi connectivity index (χ1v) is 8.30. The fourth-order valence-corrected chi connectivity index (χ4v) is 3.39. The van der Waals surface area contributed by atoms with E-state index in [1.165, 1.54) is 16.9 Å². The Kier molecular flexibility index (Phi) is 5.81. The molecular formula is C17H21N3O3S. The predicted molar refractivity (Wildman–Crippen MR) is 96.8 cm³/mol. The van der Waals surface area contributed by atoms with Crippen molar-refractivity contribution in [2.45, 2.75) is 26.8 Å². The van der Waals surface area contributed by atoms with Gasteiger partial charge in [-0.3, -0.25) is 5.32 Å². The summed E-state index contributed by atoms with van der Waals surface area (Å²) < 4.78 is 4.54. The summed E-state index contributed by atoms with van der Waals surface area (Å²) in [5, 5.41) is 8.23. The van der Waals surface area contributed by atoms with Gasteiger partial charge in [0, 0.05) is 21.1 Å². The maximum Gasteiger partial charge on any atom is 0.411 e. The number of carbonyl (C=O) groups is 2. The van der Waals surface area contributed by atoms with E-state index in [4.69, 9.17) is 0 Å². The Bertz CT molecular complexity index is 742. The summed E-state index contributed by atoms with van der Waals surface area (Å²) in [5.74, 6) is 0. The van der Waals surface area contributed by atoms with E-state index in [-0.39, 0.29) is 12.1 Å². The Morgan fingerprint density at radius 3 is 2.38 bits per heavy atom. The summed E-state index contributed by atoms with van der Waals surface area (Å²) in [7, 11) is 1.29. The number of carbonyl (C=O) groups excluding carboxylic acids is 2. The third kappa shape index (κ3) is 4.73. The minimum Gasteiger partial charge on any atom is -0.453 e. The highest BCUT2D eigenvalue weighted by atomic mass is 32.1. The monoisotopic (exact) mass is 347 g/mol. The normalized spacial score (nSPS) is 11.5. The zero-order chi connectivity index (χ0) is 17.7. The van der Waals surface area contributed by atoms with Gasteiger partial charge in [0.1, 0.15) is 0 Å². The van der Waals surface area contributed by atoms with Gasteiger partial charge in [-0.15, -0.1) is 11.3 Å². The molecule has 0 saturated heterocycles. The molecule has 0 saturated carbocycles. The van der Waals surface area contributed by atoms with Crippen molar-refractivity contribution in [3.05, 3.63) is 45.6 Å². The van der Waals surface area contributed by atoms with Crippen molar-refractivity contribution >= 4 is 34.8 Å². The lowest BCUT2D eigenvalue weighted by Crippen LogP contribution is -2.31. The van der Waals surface area contributed by atoms with Crippen molar-refractivity contribution in [1.29, 1.82) is 0 Å². The van der Waals surface area contributed by atoms with Crippen molar-refractivity contribution in [2.24, 2.45) is 0 Å². The highest BCUT2D eigenvalue weighted by Gasteiger charge is 2.14. The second kappa shape index (κ2) is 7.83. The van der Waals surface area contributed by atoms with Crippen LogP contribution in [0.3, 0.4) is 0 Å². The summed E-state index contributed by atoms with van der Waals surface area (Å²) in [6, 6.07) is 8.53. The molecule has 1 heterocycles. The number of urea groups is 1. The first-order chi connectivity index (χ1) is 11.4. The lowest BCUT2D eigenvalue weighted by Gasteiger charge is -2.15. The molecule has 0 fully saturated rings. The summed E-state index contributed by atoms with van der Waals surface area (Å²) in [4.78, 5) is 25.8. The minimum atomic E-state index is -0.562. The van der Waals surface area contributed by atoms with Crippen LogP contribution in [0.1, 0.15) is 28.3 Å². The number of aryl methyl sites for hydroxylation is 2. The van der Waals surface area contributed by atoms with Crippen LogP contribution >= 0.6 is 11.3 Å². The van der Waals surface area contributed by atoms with Crippen LogP contribution < -0.4 is 16.0 Å². The van der Waals surface area contributed by atoms with E-state index in [1.807, 2.05) is 20.8 Å². The number of thiophene rings is 1. The van der Waals surface area contributed by atoms with E-state index in [9.17, 15) is 9.59 Å². The molecule has 6 nitrogen and oxygen atoms in total. The minimum absolute atomic E-state index is 0.0914. The second-order valence-corrected chi connectivity index (χ2v) is 6.85. The van der Waals surface area contributed by atoms with Crippen molar-refractivity contribution in [3.63, 3.8) is 0 Å². The molecule has 1 aromatic carbocycles. The molecule has 3 N–H and O–H groups in total. The van der Waals surface area contributed by atoms with Gasteiger partial charge in [0.25, 0.3) is 0 Å². The van der Waals surface area contributed by atoms with Crippen molar-refractivity contribution in [3.8, 4) is 0 Å². The molecule has 1 aromatic heterocycles. The van der Waals surface area contributed by atoms with Gasteiger partial charge < -0.3 is 15.4 Å². The second-order valence-electron chi connectivity index (χ2n) is 5.39. The highest BCUT2D eigenvalue weighted by molar-refractivity contribution is 7.12. The molecule has 24 heavy (non-hydrogen) atoms. The maximum absolute atomic E-state index is 12.2. The quantitative estimate of drug-likeness (QED) is 0.765. The zero-order valence-electron chi connectivity index (χ0n) is 14.1.